The zero-order chi connectivity index (χ0) is 18.1. The second-order valence-corrected chi connectivity index (χ2v) is 8.41. The molecule has 0 spiro atoms. The van der Waals surface area contributed by atoms with Crippen LogP contribution >= 0.6 is 23.4 Å². The van der Waals surface area contributed by atoms with Crippen LogP contribution in [0.4, 0.5) is 0 Å². The van der Waals surface area contributed by atoms with Gasteiger partial charge in [0.1, 0.15) is 5.69 Å². The number of H-pyrrole nitrogens is 1. The maximum absolute atomic E-state index is 12.9. The molecule has 2 N–H and O–H groups in total. The molecule has 3 nitrogen and oxygen atoms in total. The van der Waals surface area contributed by atoms with Gasteiger partial charge in [-0.2, -0.15) is 0 Å². The normalized spacial score (nSPS) is 14.8. The van der Waals surface area contributed by atoms with E-state index in [1.807, 2.05) is 24.3 Å². The number of hydrogen-bond donors (Lipinski definition) is 2. The Balaban J connectivity index is 1.72. The van der Waals surface area contributed by atoms with Crippen LogP contribution in [0.15, 0.2) is 52.3 Å². The summed E-state index contributed by atoms with van der Waals surface area (Å²) in [6, 6.07) is 14.3. The predicted octanol–water partition coefficient (Wildman–Crippen LogP) is 5.95. The van der Waals surface area contributed by atoms with Gasteiger partial charge in [-0.05, 0) is 55.7 Å². The highest BCUT2D eigenvalue weighted by molar-refractivity contribution is 7.99. The molecule has 0 radical (unpaired) electrons. The summed E-state index contributed by atoms with van der Waals surface area (Å²) in [7, 11) is 0. The molecule has 26 heavy (non-hydrogen) atoms. The van der Waals surface area contributed by atoms with Gasteiger partial charge in [0.05, 0.1) is 4.90 Å². The summed E-state index contributed by atoms with van der Waals surface area (Å²) in [5, 5.41) is 4.99. The lowest BCUT2D eigenvalue weighted by Gasteiger charge is -2.12. The van der Waals surface area contributed by atoms with Crippen LogP contribution in [-0.4, -0.2) is 16.9 Å². The quantitative estimate of drug-likeness (QED) is 0.583. The third-order valence-electron chi connectivity index (χ3n) is 4.86. The number of benzene rings is 2. The van der Waals surface area contributed by atoms with Gasteiger partial charge in [-0.25, -0.2) is 0 Å². The number of aromatic amines is 1. The summed E-state index contributed by atoms with van der Waals surface area (Å²) in [4.78, 5) is 18.3. The lowest BCUT2D eigenvalue weighted by molar-refractivity contribution is 0.0930. The molecule has 5 heteroatoms. The smallest absolute Gasteiger partial charge is 0.269 e. The van der Waals surface area contributed by atoms with E-state index < -0.39 is 0 Å². The zero-order valence-corrected chi connectivity index (χ0v) is 16.2. The molecule has 4 rings (SSSR count). The van der Waals surface area contributed by atoms with Crippen LogP contribution in [-0.2, 0) is 0 Å². The molecule has 0 atom stereocenters. The van der Waals surface area contributed by atoms with Gasteiger partial charge >= 0.3 is 0 Å². The SMILES string of the molecule is Cc1ccc2c(Sc3ccc(Cl)cc3)c(C(=O)NC3CCCC3)[nH]c2c1. The number of halogens is 1. The Labute approximate surface area is 162 Å². The number of nitrogens with one attached hydrogen (secondary N) is 2. The molecule has 1 heterocycles. The molecular weight excluding hydrogens is 364 g/mol. The van der Waals surface area contributed by atoms with Gasteiger partial charge in [0, 0.05) is 26.9 Å². The van der Waals surface area contributed by atoms with E-state index in [0.717, 1.165) is 33.5 Å². The van der Waals surface area contributed by atoms with Crippen LogP contribution < -0.4 is 5.32 Å². The van der Waals surface area contributed by atoms with Crippen LogP contribution in [0.2, 0.25) is 5.02 Å². The highest BCUT2D eigenvalue weighted by Crippen LogP contribution is 2.37. The Morgan fingerprint density at radius 1 is 1.15 bits per heavy atom. The summed E-state index contributed by atoms with van der Waals surface area (Å²) in [5.41, 5.74) is 2.82. The van der Waals surface area contributed by atoms with Crippen molar-refractivity contribution in [1.29, 1.82) is 0 Å². The van der Waals surface area contributed by atoms with Gasteiger partial charge in [-0.3, -0.25) is 4.79 Å². The van der Waals surface area contributed by atoms with Crippen LogP contribution in [0, 0.1) is 6.92 Å². The third kappa shape index (κ3) is 3.62. The fourth-order valence-electron chi connectivity index (χ4n) is 3.50. The Bertz CT molecular complexity index is 943. The summed E-state index contributed by atoms with van der Waals surface area (Å²) < 4.78 is 0. The van der Waals surface area contributed by atoms with Gasteiger partial charge in [-0.15, -0.1) is 0 Å². The minimum absolute atomic E-state index is 0.0118. The largest absolute Gasteiger partial charge is 0.350 e. The first-order chi connectivity index (χ1) is 12.6. The van der Waals surface area contributed by atoms with Crippen LogP contribution in [0.25, 0.3) is 10.9 Å². The van der Waals surface area contributed by atoms with Crippen molar-refractivity contribution in [3.8, 4) is 0 Å². The number of rotatable bonds is 4. The first-order valence-electron chi connectivity index (χ1n) is 8.97. The second-order valence-electron chi connectivity index (χ2n) is 6.89. The molecule has 1 aliphatic rings. The molecule has 1 amide bonds. The molecule has 134 valence electrons. The van der Waals surface area contributed by atoms with Gasteiger partial charge in [0.25, 0.3) is 5.91 Å². The second kappa shape index (κ2) is 7.37. The molecular formula is C21H21ClN2OS. The van der Waals surface area contributed by atoms with Crippen molar-refractivity contribution in [2.45, 2.75) is 48.4 Å². The van der Waals surface area contributed by atoms with E-state index in [1.54, 1.807) is 11.8 Å². The average molecular weight is 385 g/mol. The Morgan fingerprint density at radius 2 is 1.88 bits per heavy atom. The molecule has 0 bridgehead atoms. The van der Waals surface area contributed by atoms with Crippen molar-refractivity contribution in [2.75, 3.05) is 0 Å². The van der Waals surface area contributed by atoms with Crippen LogP contribution in [0.5, 0.6) is 0 Å². The van der Waals surface area contributed by atoms with E-state index in [-0.39, 0.29) is 5.91 Å². The van der Waals surface area contributed by atoms with Crippen molar-refractivity contribution in [1.82, 2.24) is 10.3 Å². The molecule has 0 unspecified atom stereocenters. The third-order valence-corrected chi connectivity index (χ3v) is 6.25. The number of aryl methyl sites for hydroxylation is 1. The monoisotopic (exact) mass is 384 g/mol. The number of hydrogen-bond acceptors (Lipinski definition) is 2. The molecule has 1 fully saturated rings. The van der Waals surface area contributed by atoms with Crippen molar-refractivity contribution in [2.24, 2.45) is 0 Å². The average Bonchev–Trinajstić information content (AvgIpc) is 3.24. The Kier molecular flexibility index (Phi) is 4.96. The number of aromatic nitrogens is 1. The van der Waals surface area contributed by atoms with E-state index in [4.69, 9.17) is 11.6 Å². The van der Waals surface area contributed by atoms with Crippen molar-refractivity contribution in [3.63, 3.8) is 0 Å². The zero-order valence-electron chi connectivity index (χ0n) is 14.6. The van der Waals surface area contributed by atoms with Crippen molar-refractivity contribution < 1.29 is 4.79 Å². The highest BCUT2D eigenvalue weighted by Gasteiger charge is 2.23. The summed E-state index contributed by atoms with van der Waals surface area (Å²) in [5.74, 6) is -0.0118. The number of amides is 1. The first-order valence-corrected chi connectivity index (χ1v) is 10.2. The minimum atomic E-state index is -0.0118. The molecule has 0 aliphatic heterocycles. The highest BCUT2D eigenvalue weighted by atomic mass is 35.5. The molecule has 0 saturated heterocycles. The summed E-state index contributed by atoms with van der Waals surface area (Å²) in [6.45, 7) is 2.06. The molecule has 1 aromatic heterocycles. The van der Waals surface area contributed by atoms with Gasteiger partial charge in [-0.1, -0.05) is 48.3 Å². The predicted molar refractivity (Wildman–Crippen MR) is 108 cm³/mol. The fourth-order valence-corrected chi connectivity index (χ4v) is 4.67. The van der Waals surface area contributed by atoms with E-state index in [1.165, 1.54) is 18.4 Å². The van der Waals surface area contributed by atoms with E-state index in [2.05, 4.69) is 35.4 Å². The van der Waals surface area contributed by atoms with Crippen LogP contribution in [0.3, 0.4) is 0 Å². The van der Waals surface area contributed by atoms with Gasteiger partial charge < -0.3 is 10.3 Å². The Hall–Kier alpha value is -1.91. The lowest BCUT2D eigenvalue weighted by Crippen LogP contribution is -2.33. The fraction of sp³-hybridized carbons (Fsp3) is 0.286. The van der Waals surface area contributed by atoms with Crippen LogP contribution in [0.1, 0.15) is 41.7 Å². The molecule has 3 aromatic rings. The Morgan fingerprint density at radius 3 is 2.62 bits per heavy atom. The number of fused-ring (bicyclic) bond motifs is 1. The van der Waals surface area contributed by atoms with Gasteiger partial charge in [0.15, 0.2) is 0 Å². The van der Waals surface area contributed by atoms with Crippen molar-refractivity contribution >= 4 is 40.2 Å². The minimum Gasteiger partial charge on any atom is -0.350 e. The van der Waals surface area contributed by atoms with E-state index in [0.29, 0.717) is 16.8 Å². The molecule has 1 saturated carbocycles. The molecule has 1 aliphatic carbocycles. The summed E-state index contributed by atoms with van der Waals surface area (Å²) >= 11 is 7.60. The first kappa shape index (κ1) is 17.5. The lowest BCUT2D eigenvalue weighted by atomic mass is 10.2. The maximum atomic E-state index is 12.9. The summed E-state index contributed by atoms with van der Waals surface area (Å²) in [6.07, 6.45) is 4.54. The van der Waals surface area contributed by atoms with Crippen molar-refractivity contribution in [3.05, 3.63) is 58.7 Å². The number of carbonyl (C=O) groups excluding carboxylic acids is 1. The molecule has 2 aromatic carbocycles. The van der Waals surface area contributed by atoms with Gasteiger partial charge in [0.2, 0.25) is 0 Å². The maximum Gasteiger partial charge on any atom is 0.269 e. The topological polar surface area (TPSA) is 44.9 Å². The van der Waals surface area contributed by atoms with E-state index in [9.17, 15) is 4.79 Å². The number of carbonyl (C=O) groups is 1. The van der Waals surface area contributed by atoms with E-state index >= 15 is 0 Å². The standard InChI is InChI=1S/C21H21ClN2OS/c1-13-6-11-17-18(12-13)24-19(21(25)23-15-4-2-3-5-15)20(17)26-16-9-7-14(22)8-10-16/h6-12,15,24H,2-5H2,1H3,(H,23,25).